The molecule has 2 fully saturated rings. The second-order valence-electron chi connectivity index (χ2n) is 20.0. The summed E-state index contributed by atoms with van der Waals surface area (Å²) in [6.07, 6.45) is 9.00. The number of carbonyl (C=O) groups is 2. The van der Waals surface area contributed by atoms with Gasteiger partial charge in [0.05, 0.1) is 60.3 Å². The summed E-state index contributed by atoms with van der Waals surface area (Å²) in [5.41, 5.74) is 15.4. The Morgan fingerprint density at radius 2 is 0.988 bits per heavy atom. The maximum absolute atomic E-state index is 14.9. The van der Waals surface area contributed by atoms with Gasteiger partial charge < -0.3 is 58.8 Å². The molecule has 0 spiro atoms. The van der Waals surface area contributed by atoms with Crippen molar-refractivity contribution >= 4 is 68.4 Å². The number of anilines is 4. The number of nitrogen functional groups attached to an aromatic ring is 2. The lowest BCUT2D eigenvalue weighted by Gasteiger charge is -2.37. The average molecular weight is 1160 g/mol. The molecule has 10 heterocycles. The molecule has 2 aromatic carbocycles. The number of carbonyl (C=O) groups excluding carboxylic acids is 2. The first-order valence-electron chi connectivity index (χ1n) is 27.7. The number of hydrogen-bond donors (Lipinski definition) is 2. The predicted octanol–water partition coefficient (Wildman–Crippen LogP) is 6.34. The van der Waals surface area contributed by atoms with E-state index in [0.29, 0.717) is 171 Å². The third-order valence-electron chi connectivity index (χ3n) is 14.7. The fourth-order valence-corrected chi connectivity index (χ4v) is 10.5. The van der Waals surface area contributed by atoms with Gasteiger partial charge in [-0.2, -0.15) is 29.2 Å². The Bertz CT molecular complexity index is 3640. The topological polar surface area (TPSA) is 284 Å². The Hall–Kier alpha value is -9.44. The molecule has 2 aliphatic heterocycles. The van der Waals surface area contributed by atoms with Gasteiger partial charge in [-0.15, -0.1) is 10.2 Å². The van der Waals surface area contributed by atoms with E-state index < -0.39 is 12.1 Å². The summed E-state index contributed by atoms with van der Waals surface area (Å²) in [7, 11) is 3.17. The van der Waals surface area contributed by atoms with Crippen LogP contribution in [0.1, 0.15) is 51.6 Å². The van der Waals surface area contributed by atoms with Crippen LogP contribution in [0.5, 0.6) is 11.5 Å². The minimum absolute atomic E-state index is 0.0677. The summed E-state index contributed by atoms with van der Waals surface area (Å²) in [6, 6.07) is 15.5. The molecule has 12 rings (SSSR count). The summed E-state index contributed by atoms with van der Waals surface area (Å²) in [4.78, 5) is 53.5. The van der Waals surface area contributed by atoms with Crippen molar-refractivity contribution < 1.29 is 46.2 Å². The number of nitrogens with two attached hydrogens (primary N) is 2. The summed E-state index contributed by atoms with van der Waals surface area (Å²) in [6.45, 7) is 9.32. The third kappa shape index (κ3) is 11.4. The molecule has 4 N–H and O–H groups in total. The predicted molar refractivity (Wildman–Crippen MR) is 305 cm³/mol. The van der Waals surface area contributed by atoms with Gasteiger partial charge in [0.25, 0.3) is 0 Å². The van der Waals surface area contributed by atoms with E-state index in [9.17, 15) is 18.4 Å². The zero-order valence-electron chi connectivity index (χ0n) is 46.9. The molecule has 0 aliphatic carbocycles. The molecule has 28 heteroatoms. The lowest BCUT2D eigenvalue weighted by Crippen LogP contribution is -2.51. The maximum Gasteiger partial charge on any atom is 0.247 e. The molecule has 440 valence electrons. The van der Waals surface area contributed by atoms with Crippen LogP contribution in [0.4, 0.5) is 32.1 Å². The second-order valence-corrected chi connectivity index (χ2v) is 20.0. The largest absolute Gasteiger partial charge is 0.491 e. The molecule has 2 amide bonds. The van der Waals surface area contributed by atoms with Crippen LogP contribution in [0, 0.1) is 11.6 Å². The fourth-order valence-electron chi connectivity index (χ4n) is 10.5. The van der Waals surface area contributed by atoms with Crippen molar-refractivity contribution in [2.75, 3.05) is 114 Å². The Balaban J connectivity index is 0.000000175. The van der Waals surface area contributed by atoms with Crippen LogP contribution in [0.15, 0.2) is 94.4 Å². The van der Waals surface area contributed by atoms with E-state index in [2.05, 4.69) is 40.3 Å². The third-order valence-corrected chi connectivity index (χ3v) is 14.7. The molecule has 0 radical (unpaired) electrons. The molecular formula is C56H64F2N18O8. The van der Waals surface area contributed by atoms with Crippen molar-refractivity contribution in [3.8, 4) is 34.7 Å². The van der Waals surface area contributed by atoms with Crippen molar-refractivity contribution in [2.45, 2.75) is 51.6 Å². The Morgan fingerprint density at radius 1 is 0.571 bits per heavy atom. The van der Waals surface area contributed by atoms with Crippen molar-refractivity contribution in [1.82, 2.24) is 68.5 Å². The zero-order valence-corrected chi connectivity index (χ0v) is 46.9. The number of fused-ring (bicyclic) bond motifs is 6. The van der Waals surface area contributed by atoms with E-state index >= 15 is 0 Å². The number of aromatic nitrogens is 12. The second kappa shape index (κ2) is 25.0. The molecule has 8 aromatic heterocycles. The molecule has 0 saturated carbocycles. The summed E-state index contributed by atoms with van der Waals surface area (Å²) >= 11 is 0. The normalized spacial score (nSPS) is 14.6. The number of hydrogen-bond acceptors (Lipinski definition) is 20. The maximum atomic E-state index is 14.9. The molecule has 0 unspecified atom stereocenters. The van der Waals surface area contributed by atoms with Crippen molar-refractivity contribution in [1.29, 1.82) is 0 Å². The summed E-state index contributed by atoms with van der Waals surface area (Å²) in [5, 5.41) is 19.2. The average Bonchev–Trinajstić information content (AvgIpc) is 4.07. The molecule has 0 bridgehead atoms. The lowest BCUT2D eigenvalue weighted by molar-refractivity contribution is -0.136. The molecule has 84 heavy (non-hydrogen) atoms. The minimum Gasteiger partial charge on any atom is -0.491 e. The van der Waals surface area contributed by atoms with Crippen LogP contribution >= 0.6 is 0 Å². The van der Waals surface area contributed by atoms with Gasteiger partial charge in [0, 0.05) is 78.7 Å². The van der Waals surface area contributed by atoms with E-state index in [1.54, 1.807) is 107 Å². The van der Waals surface area contributed by atoms with Crippen LogP contribution < -0.4 is 30.7 Å². The van der Waals surface area contributed by atoms with E-state index in [0.717, 1.165) is 12.8 Å². The smallest absolute Gasteiger partial charge is 0.247 e. The highest BCUT2D eigenvalue weighted by Gasteiger charge is 2.34. The number of rotatable bonds is 20. The van der Waals surface area contributed by atoms with Gasteiger partial charge in [0.2, 0.25) is 35.4 Å². The van der Waals surface area contributed by atoms with Crippen molar-refractivity contribution in [3.05, 3.63) is 97.2 Å². The quantitative estimate of drug-likeness (QED) is 0.0787. The van der Waals surface area contributed by atoms with Crippen LogP contribution in [-0.2, 0) is 19.1 Å². The van der Waals surface area contributed by atoms with Gasteiger partial charge in [-0.1, -0.05) is 26.7 Å². The van der Waals surface area contributed by atoms with Gasteiger partial charge in [0.15, 0.2) is 34.1 Å². The van der Waals surface area contributed by atoms with Crippen molar-refractivity contribution in [2.24, 2.45) is 0 Å². The number of piperazine rings is 2. The first-order chi connectivity index (χ1) is 41.0. The molecule has 2 saturated heterocycles. The first-order valence-corrected chi connectivity index (χ1v) is 27.7. The van der Waals surface area contributed by atoms with Crippen LogP contribution in [0.3, 0.4) is 0 Å². The van der Waals surface area contributed by atoms with Crippen molar-refractivity contribution in [3.63, 3.8) is 0 Å². The monoisotopic (exact) mass is 1150 g/mol. The van der Waals surface area contributed by atoms with E-state index in [-0.39, 0.29) is 35.3 Å². The van der Waals surface area contributed by atoms with E-state index in [1.807, 2.05) is 23.6 Å². The molecule has 26 nitrogen and oxygen atoms in total. The number of nitrogens with zero attached hydrogens (tertiary/aromatic N) is 16. The number of furan rings is 2. The standard InChI is InChI=1S/2C28H32FN9O4/c2*1-3-5-22(27(39)36-11-9-35(10-12-36)21-8-7-18(16-20(21)29)41-15-14-40-2)37-26-19(17-31-37)25-32-24(23-6-4-13-42-23)34-38(25)28(30)33-26/h2*4,6-8,13,16-17,22H,3,5,9-12,14-15H2,1-2H3,(H2,30,33)/t2*22-/m10/s1. The molecule has 2 atom stereocenters. The zero-order chi connectivity index (χ0) is 58.4. The van der Waals surface area contributed by atoms with Gasteiger partial charge in [-0.05, 0) is 61.4 Å². The minimum atomic E-state index is -0.582. The van der Waals surface area contributed by atoms with Gasteiger partial charge in [-0.3, -0.25) is 9.59 Å². The lowest BCUT2D eigenvalue weighted by atomic mass is 10.1. The number of halogens is 2. The van der Waals surface area contributed by atoms with Gasteiger partial charge >= 0.3 is 0 Å². The highest BCUT2D eigenvalue weighted by Crippen LogP contribution is 2.32. The number of ether oxygens (including phenoxy) is 4. The first kappa shape index (κ1) is 56.4. The molecule has 2 aliphatic rings. The van der Waals surface area contributed by atoms with Crippen LogP contribution in [0.2, 0.25) is 0 Å². The molecule has 10 aromatic rings. The highest BCUT2D eigenvalue weighted by atomic mass is 19.1. The van der Waals surface area contributed by atoms with E-state index in [1.165, 1.54) is 21.2 Å². The highest BCUT2D eigenvalue weighted by molar-refractivity contribution is 5.93. The van der Waals surface area contributed by atoms with E-state index in [4.69, 9.17) is 39.2 Å². The number of benzene rings is 2. The Labute approximate surface area is 479 Å². The van der Waals surface area contributed by atoms with Gasteiger partial charge in [-0.25, -0.2) is 28.1 Å². The van der Waals surface area contributed by atoms with Crippen LogP contribution in [0.25, 0.3) is 56.5 Å². The number of amides is 2. The Morgan fingerprint density at radius 3 is 1.35 bits per heavy atom. The SMILES string of the molecule is CCC[C@@H](C(=O)N1CCN(c2ccc(OCCOC)cc2F)CC1)n1ncc2c1nc(N)n1nc(-c3ccco3)nc21.CCC[C@H](C(=O)N1CCN(c2ccc(OCCOC)cc2F)CC1)n1ncc2c1nc(N)n1nc(-c3ccco3)nc21. The fraction of sp³-hybridized carbons (Fsp3) is 0.393. The molecular weight excluding hydrogens is 1090 g/mol. The summed E-state index contributed by atoms with van der Waals surface area (Å²) in [5.74, 6) is 2.03. The number of methoxy groups -OCH3 is 2. The van der Waals surface area contributed by atoms with Gasteiger partial charge in [0.1, 0.15) is 48.4 Å². The Kier molecular flexibility index (Phi) is 16.8. The van der Waals surface area contributed by atoms with Crippen LogP contribution in [-0.4, -0.2) is 173 Å². The summed E-state index contributed by atoms with van der Waals surface area (Å²) < 4.78 is 67.8.